The fourth-order valence-corrected chi connectivity index (χ4v) is 0.647. The highest BCUT2D eigenvalue weighted by atomic mass is 16.3. The van der Waals surface area contributed by atoms with Gasteiger partial charge in [0.1, 0.15) is 0 Å². The van der Waals surface area contributed by atoms with E-state index in [4.69, 9.17) is 10.8 Å². The monoisotopic (exact) mass is 123 g/mol. The van der Waals surface area contributed by atoms with Gasteiger partial charge in [-0.05, 0) is 17.7 Å². The molecule has 48 valence electrons. The van der Waals surface area contributed by atoms with Gasteiger partial charge >= 0.3 is 0 Å². The quantitative estimate of drug-likeness (QED) is 0.487. The van der Waals surface area contributed by atoms with Crippen molar-refractivity contribution in [3.63, 3.8) is 0 Å². The fraction of sp³-hybridized carbons (Fsp3) is 0.143. The average molecular weight is 123 g/mol. The molecule has 1 aliphatic rings. The molecule has 0 saturated carbocycles. The molecule has 2 nitrogen and oxygen atoms in total. The van der Waals surface area contributed by atoms with E-state index < -0.39 is 6.10 Å². The minimum atomic E-state index is -0.588. The summed E-state index contributed by atoms with van der Waals surface area (Å²) in [5.74, 6) is 0. The molecule has 0 radical (unpaired) electrons. The Morgan fingerprint density at radius 2 is 2.22 bits per heavy atom. The molecule has 9 heavy (non-hydrogen) atoms. The maximum Gasteiger partial charge on any atom is 0.0988 e. The Hall–Kier alpha value is -1.02. The molecule has 0 aromatic rings. The molecule has 0 bridgehead atoms. The molecular weight excluding hydrogens is 114 g/mol. The molecule has 0 aliphatic heterocycles. The van der Waals surface area contributed by atoms with Crippen molar-refractivity contribution in [3.8, 4) is 0 Å². The largest absolute Gasteiger partial charge is 0.399 e. The third-order valence-corrected chi connectivity index (χ3v) is 1.22. The minimum Gasteiger partial charge on any atom is -0.399 e. The van der Waals surface area contributed by atoms with E-state index in [1.807, 2.05) is 0 Å². The van der Waals surface area contributed by atoms with Crippen molar-refractivity contribution in [2.45, 2.75) is 6.10 Å². The highest BCUT2D eigenvalue weighted by molar-refractivity contribution is 5.36. The minimum absolute atomic E-state index is 0.588. The van der Waals surface area contributed by atoms with Crippen LogP contribution in [0.15, 0.2) is 36.1 Å². The van der Waals surface area contributed by atoms with Gasteiger partial charge in [0, 0.05) is 5.70 Å². The zero-order chi connectivity index (χ0) is 6.85. The fourth-order valence-electron chi connectivity index (χ4n) is 0.647. The number of aliphatic hydroxyl groups is 1. The summed E-state index contributed by atoms with van der Waals surface area (Å²) < 4.78 is 0. The second kappa shape index (κ2) is 2.07. The Balaban J connectivity index is 2.82. The molecule has 1 atom stereocenters. The van der Waals surface area contributed by atoms with Gasteiger partial charge < -0.3 is 10.8 Å². The molecule has 1 unspecified atom stereocenters. The first-order valence-corrected chi connectivity index (χ1v) is 2.72. The summed E-state index contributed by atoms with van der Waals surface area (Å²) in [5, 5.41) is 9.04. The van der Waals surface area contributed by atoms with Crippen molar-refractivity contribution in [1.29, 1.82) is 0 Å². The summed E-state index contributed by atoms with van der Waals surface area (Å²) in [4.78, 5) is 0. The molecule has 0 spiro atoms. The topological polar surface area (TPSA) is 46.2 Å². The summed E-state index contributed by atoms with van der Waals surface area (Å²) in [7, 11) is 0. The van der Waals surface area contributed by atoms with Gasteiger partial charge in [0.25, 0.3) is 0 Å². The lowest BCUT2D eigenvalue weighted by atomic mass is 10.1. The van der Waals surface area contributed by atoms with Crippen LogP contribution in [-0.4, -0.2) is 11.2 Å². The highest BCUT2D eigenvalue weighted by Gasteiger charge is 2.05. The van der Waals surface area contributed by atoms with Gasteiger partial charge in [-0.1, -0.05) is 12.7 Å². The summed E-state index contributed by atoms with van der Waals surface area (Å²) in [6, 6.07) is 0. The van der Waals surface area contributed by atoms with E-state index >= 15 is 0 Å². The van der Waals surface area contributed by atoms with E-state index in [0.29, 0.717) is 11.3 Å². The predicted octanol–water partition coefficient (Wildman–Crippen LogP) is 0.316. The van der Waals surface area contributed by atoms with Crippen LogP contribution >= 0.6 is 0 Å². The van der Waals surface area contributed by atoms with Crippen molar-refractivity contribution < 1.29 is 5.11 Å². The van der Waals surface area contributed by atoms with E-state index in [9.17, 15) is 0 Å². The maximum absolute atomic E-state index is 9.04. The second-order valence-electron chi connectivity index (χ2n) is 2.02. The highest BCUT2D eigenvalue weighted by Crippen LogP contribution is 2.10. The van der Waals surface area contributed by atoms with E-state index in [1.54, 1.807) is 18.2 Å². The predicted molar refractivity (Wildman–Crippen MR) is 36.6 cm³/mol. The van der Waals surface area contributed by atoms with E-state index in [0.717, 1.165) is 0 Å². The van der Waals surface area contributed by atoms with Crippen molar-refractivity contribution in [2.24, 2.45) is 5.73 Å². The molecule has 2 heteroatoms. The van der Waals surface area contributed by atoms with Gasteiger partial charge in [-0.25, -0.2) is 0 Å². The SMILES string of the molecule is C=C1C=CC(N)=CC1O. The van der Waals surface area contributed by atoms with Crippen molar-refractivity contribution in [2.75, 3.05) is 0 Å². The van der Waals surface area contributed by atoms with Gasteiger partial charge in [0.05, 0.1) is 6.10 Å². The summed E-state index contributed by atoms with van der Waals surface area (Å²) >= 11 is 0. The van der Waals surface area contributed by atoms with Crippen LogP contribution in [0.2, 0.25) is 0 Å². The Morgan fingerprint density at radius 3 is 2.67 bits per heavy atom. The third kappa shape index (κ3) is 1.21. The summed E-state index contributed by atoms with van der Waals surface area (Å²) in [5.41, 5.74) is 6.64. The van der Waals surface area contributed by atoms with Crippen LogP contribution in [0, 0.1) is 0 Å². The normalized spacial score (nSPS) is 26.1. The van der Waals surface area contributed by atoms with E-state index in [-0.39, 0.29) is 0 Å². The first kappa shape index (κ1) is 6.11. The molecule has 0 aromatic carbocycles. The van der Waals surface area contributed by atoms with E-state index in [1.165, 1.54) is 0 Å². The number of hydrogen-bond donors (Lipinski definition) is 2. The van der Waals surface area contributed by atoms with E-state index in [2.05, 4.69) is 6.58 Å². The molecule has 0 amide bonds. The Morgan fingerprint density at radius 1 is 1.56 bits per heavy atom. The van der Waals surface area contributed by atoms with Crippen molar-refractivity contribution in [1.82, 2.24) is 0 Å². The zero-order valence-electron chi connectivity index (χ0n) is 5.04. The van der Waals surface area contributed by atoms with Crippen LogP contribution in [0.1, 0.15) is 0 Å². The molecule has 1 aliphatic carbocycles. The molecule has 0 fully saturated rings. The van der Waals surface area contributed by atoms with Crippen LogP contribution in [0.25, 0.3) is 0 Å². The second-order valence-corrected chi connectivity index (χ2v) is 2.02. The average Bonchev–Trinajstić information content (AvgIpc) is 1.80. The number of allylic oxidation sites excluding steroid dienone is 1. The zero-order valence-corrected chi connectivity index (χ0v) is 5.04. The summed E-state index contributed by atoms with van der Waals surface area (Å²) in [6.45, 7) is 3.59. The number of hydrogen-bond acceptors (Lipinski definition) is 2. The first-order valence-electron chi connectivity index (χ1n) is 2.72. The van der Waals surface area contributed by atoms with Crippen molar-refractivity contribution in [3.05, 3.63) is 36.1 Å². The number of rotatable bonds is 0. The number of nitrogens with two attached hydrogens (primary N) is 1. The molecule has 0 saturated heterocycles. The molecular formula is C7H9NO. The third-order valence-electron chi connectivity index (χ3n) is 1.22. The Labute approximate surface area is 54.0 Å². The first-order chi connectivity index (χ1) is 4.20. The maximum atomic E-state index is 9.04. The molecule has 0 aromatic heterocycles. The van der Waals surface area contributed by atoms with Crippen LogP contribution in [0.5, 0.6) is 0 Å². The molecule has 3 N–H and O–H groups in total. The lowest BCUT2D eigenvalue weighted by Crippen LogP contribution is -2.11. The Bertz CT molecular complexity index is 191. The van der Waals surface area contributed by atoms with Crippen LogP contribution in [0.3, 0.4) is 0 Å². The molecule has 0 heterocycles. The van der Waals surface area contributed by atoms with Crippen LogP contribution in [0.4, 0.5) is 0 Å². The number of aliphatic hydroxyl groups excluding tert-OH is 1. The van der Waals surface area contributed by atoms with Gasteiger partial charge in [0.2, 0.25) is 0 Å². The van der Waals surface area contributed by atoms with Gasteiger partial charge in [0.15, 0.2) is 0 Å². The lowest BCUT2D eigenvalue weighted by molar-refractivity contribution is 0.261. The van der Waals surface area contributed by atoms with Gasteiger partial charge in [-0.3, -0.25) is 0 Å². The molecule has 1 rings (SSSR count). The smallest absolute Gasteiger partial charge is 0.0988 e. The lowest BCUT2D eigenvalue weighted by Gasteiger charge is -2.10. The summed E-state index contributed by atoms with van der Waals surface area (Å²) in [6.07, 6.45) is 4.40. The Kier molecular flexibility index (Phi) is 1.40. The van der Waals surface area contributed by atoms with Crippen molar-refractivity contribution >= 4 is 0 Å². The van der Waals surface area contributed by atoms with Gasteiger partial charge in [-0.15, -0.1) is 0 Å². The van der Waals surface area contributed by atoms with Crippen LogP contribution in [-0.2, 0) is 0 Å². The van der Waals surface area contributed by atoms with Gasteiger partial charge in [-0.2, -0.15) is 0 Å². The standard InChI is InChI=1S/C7H9NO/c1-5-2-3-6(8)4-7(5)9/h2-4,7,9H,1,8H2. The van der Waals surface area contributed by atoms with Crippen LogP contribution < -0.4 is 5.73 Å².